The number of benzene rings is 1. The van der Waals surface area contributed by atoms with E-state index in [-0.39, 0.29) is 30.3 Å². The summed E-state index contributed by atoms with van der Waals surface area (Å²) in [4.78, 5) is 14.0. The molecule has 0 radical (unpaired) electrons. The number of nitrogens with zero attached hydrogens (tertiary/aromatic N) is 1. The van der Waals surface area contributed by atoms with Crippen LogP contribution in [0.5, 0.6) is 11.5 Å². The highest BCUT2D eigenvalue weighted by Gasteiger charge is 2.50. The van der Waals surface area contributed by atoms with E-state index in [1.54, 1.807) is 0 Å². The summed E-state index contributed by atoms with van der Waals surface area (Å²) in [6, 6.07) is 0.952. The lowest BCUT2D eigenvalue weighted by atomic mass is 10.0. The van der Waals surface area contributed by atoms with Gasteiger partial charge in [0, 0.05) is 6.07 Å². The minimum Gasteiger partial charge on any atom is -0.486 e. The fourth-order valence-corrected chi connectivity index (χ4v) is 2.17. The molecule has 6 heteroatoms. The van der Waals surface area contributed by atoms with Crippen molar-refractivity contribution in [2.75, 3.05) is 13.2 Å². The van der Waals surface area contributed by atoms with Crippen LogP contribution in [0.4, 0.5) is 8.78 Å². The van der Waals surface area contributed by atoms with E-state index in [0.29, 0.717) is 12.8 Å². The molecule has 0 unspecified atom stereocenters. The van der Waals surface area contributed by atoms with Gasteiger partial charge in [-0.1, -0.05) is 0 Å². The molecule has 1 saturated carbocycles. The summed E-state index contributed by atoms with van der Waals surface area (Å²) in [5.74, 6) is -1.75. The van der Waals surface area contributed by atoms with E-state index in [4.69, 9.17) is 9.47 Å². The highest BCUT2D eigenvalue weighted by atomic mass is 19.2. The predicted molar refractivity (Wildman–Crippen MR) is 56.4 cm³/mol. The lowest BCUT2D eigenvalue weighted by Gasteiger charge is -2.23. The second-order valence-electron chi connectivity index (χ2n) is 4.31. The monoisotopic (exact) mass is 253 g/mol. The summed E-state index contributed by atoms with van der Waals surface area (Å²) in [6.07, 6.45) is 2.35. The van der Waals surface area contributed by atoms with Crippen LogP contribution in [-0.2, 0) is 10.3 Å². The molecular weight excluding hydrogens is 244 g/mol. The molecule has 1 fully saturated rings. The molecule has 1 aliphatic heterocycles. The highest BCUT2D eigenvalue weighted by molar-refractivity contribution is 5.55. The number of fused-ring (bicyclic) bond motifs is 1. The van der Waals surface area contributed by atoms with Crippen molar-refractivity contribution in [3.05, 3.63) is 23.3 Å². The van der Waals surface area contributed by atoms with Gasteiger partial charge >= 0.3 is 0 Å². The summed E-state index contributed by atoms with van der Waals surface area (Å²) in [5, 5.41) is 0. The number of carbonyl (C=O) groups excluding carboxylic acids is 1. The van der Waals surface area contributed by atoms with E-state index in [2.05, 4.69) is 4.99 Å². The molecule has 0 N–H and O–H groups in total. The Labute approximate surface area is 101 Å². The zero-order valence-electron chi connectivity index (χ0n) is 9.33. The third-order valence-corrected chi connectivity index (χ3v) is 3.17. The minimum atomic E-state index is -1.03. The van der Waals surface area contributed by atoms with Gasteiger partial charge in [0.25, 0.3) is 0 Å². The maximum Gasteiger partial charge on any atom is 0.235 e. The van der Waals surface area contributed by atoms with Crippen LogP contribution in [0.15, 0.2) is 11.1 Å². The van der Waals surface area contributed by atoms with Crippen molar-refractivity contribution in [1.29, 1.82) is 0 Å². The molecule has 1 aromatic carbocycles. The molecule has 0 saturated heterocycles. The molecule has 1 aliphatic carbocycles. The smallest absolute Gasteiger partial charge is 0.235 e. The third-order valence-electron chi connectivity index (χ3n) is 3.17. The number of isocyanates is 1. The molecule has 0 amide bonds. The normalized spacial score (nSPS) is 19.0. The lowest BCUT2D eigenvalue weighted by Crippen LogP contribution is -2.20. The van der Waals surface area contributed by atoms with Gasteiger partial charge in [-0.15, -0.1) is 0 Å². The van der Waals surface area contributed by atoms with Crippen LogP contribution in [-0.4, -0.2) is 19.3 Å². The van der Waals surface area contributed by atoms with E-state index in [1.165, 1.54) is 6.08 Å². The number of halogens is 2. The van der Waals surface area contributed by atoms with Crippen molar-refractivity contribution >= 4 is 6.08 Å². The fourth-order valence-electron chi connectivity index (χ4n) is 2.17. The maximum atomic E-state index is 13.9. The summed E-state index contributed by atoms with van der Waals surface area (Å²) in [6.45, 7) is 0.535. The fraction of sp³-hybridized carbons (Fsp3) is 0.417. The molecule has 94 valence electrons. The summed E-state index contributed by atoms with van der Waals surface area (Å²) in [7, 11) is 0. The molecule has 1 aromatic rings. The second kappa shape index (κ2) is 3.78. The second-order valence-corrected chi connectivity index (χ2v) is 4.31. The Kier molecular flexibility index (Phi) is 2.35. The zero-order valence-corrected chi connectivity index (χ0v) is 9.33. The Morgan fingerprint density at radius 2 is 2.00 bits per heavy atom. The van der Waals surface area contributed by atoms with Crippen LogP contribution >= 0.6 is 0 Å². The van der Waals surface area contributed by atoms with Gasteiger partial charge in [-0.3, -0.25) is 0 Å². The summed E-state index contributed by atoms with van der Waals surface area (Å²) in [5.41, 5.74) is -1.06. The van der Waals surface area contributed by atoms with E-state index in [0.717, 1.165) is 6.07 Å². The largest absolute Gasteiger partial charge is 0.486 e. The van der Waals surface area contributed by atoms with Gasteiger partial charge in [0.05, 0.1) is 5.56 Å². The number of hydrogen-bond acceptors (Lipinski definition) is 4. The number of rotatable bonds is 2. The minimum absolute atomic E-state index is 0.0273. The van der Waals surface area contributed by atoms with Crippen molar-refractivity contribution in [3.63, 3.8) is 0 Å². The van der Waals surface area contributed by atoms with Crippen molar-refractivity contribution in [2.24, 2.45) is 4.99 Å². The Hall–Kier alpha value is -1.94. The van der Waals surface area contributed by atoms with E-state index >= 15 is 0 Å². The predicted octanol–water partition coefficient (Wildman–Crippen LogP) is 2.06. The molecule has 0 atom stereocenters. The van der Waals surface area contributed by atoms with Gasteiger partial charge in [-0.2, -0.15) is 4.99 Å². The van der Waals surface area contributed by atoms with Crippen LogP contribution in [0.2, 0.25) is 0 Å². The molecular formula is C12H9F2NO3. The first kappa shape index (κ1) is 11.2. The number of ether oxygens (including phenoxy) is 2. The number of aliphatic imine (C=N–C) groups is 1. The molecule has 0 bridgehead atoms. The molecule has 18 heavy (non-hydrogen) atoms. The summed E-state index contributed by atoms with van der Waals surface area (Å²) >= 11 is 0. The molecule has 1 heterocycles. The maximum absolute atomic E-state index is 13.9. The first-order valence-electron chi connectivity index (χ1n) is 5.55. The quantitative estimate of drug-likeness (QED) is 0.598. The standard InChI is InChI=1S/C12H9F2NO3/c13-7-5-8-11(18-4-3-17-8)9(10(7)14)12(1-2-12)15-6-16/h5H,1-4H2. The Morgan fingerprint density at radius 3 is 2.67 bits per heavy atom. The van der Waals surface area contributed by atoms with E-state index < -0.39 is 17.2 Å². The summed E-state index contributed by atoms with van der Waals surface area (Å²) < 4.78 is 38.0. The first-order chi connectivity index (χ1) is 8.68. The van der Waals surface area contributed by atoms with Gasteiger partial charge in [-0.25, -0.2) is 13.6 Å². The van der Waals surface area contributed by atoms with E-state index in [1.807, 2.05) is 0 Å². The Bertz CT molecular complexity index is 563. The molecule has 0 aromatic heterocycles. The van der Waals surface area contributed by atoms with Crippen LogP contribution in [0.3, 0.4) is 0 Å². The lowest BCUT2D eigenvalue weighted by molar-refractivity contribution is 0.166. The highest BCUT2D eigenvalue weighted by Crippen LogP contribution is 2.55. The Morgan fingerprint density at radius 1 is 1.28 bits per heavy atom. The number of hydrogen-bond donors (Lipinski definition) is 0. The van der Waals surface area contributed by atoms with Crippen LogP contribution < -0.4 is 9.47 Å². The van der Waals surface area contributed by atoms with Gasteiger partial charge in [0.2, 0.25) is 6.08 Å². The Balaban J connectivity index is 2.24. The first-order valence-corrected chi connectivity index (χ1v) is 5.55. The molecule has 4 nitrogen and oxygen atoms in total. The van der Waals surface area contributed by atoms with Crippen molar-refractivity contribution in [1.82, 2.24) is 0 Å². The van der Waals surface area contributed by atoms with Gasteiger partial charge in [0.1, 0.15) is 18.8 Å². The zero-order chi connectivity index (χ0) is 12.8. The van der Waals surface area contributed by atoms with E-state index in [9.17, 15) is 13.6 Å². The topological polar surface area (TPSA) is 47.9 Å². The van der Waals surface area contributed by atoms with Crippen molar-refractivity contribution in [2.45, 2.75) is 18.4 Å². The SMILES string of the molecule is O=C=NC1(c2c(F)c(F)cc3c2OCCO3)CC1. The van der Waals surface area contributed by atoms with Gasteiger partial charge < -0.3 is 9.47 Å². The average molecular weight is 253 g/mol. The van der Waals surface area contributed by atoms with Gasteiger partial charge in [0.15, 0.2) is 23.1 Å². The van der Waals surface area contributed by atoms with Gasteiger partial charge in [-0.05, 0) is 12.8 Å². The van der Waals surface area contributed by atoms with Crippen LogP contribution in [0.1, 0.15) is 18.4 Å². The molecule has 0 spiro atoms. The third kappa shape index (κ3) is 1.49. The van der Waals surface area contributed by atoms with Crippen LogP contribution in [0, 0.1) is 11.6 Å². The van der Waals surface area contributed by atoms with Crippen LogP contribution in [0.25, 0.3) is 0 Å². The van der Waals surface area contributed by atoms with Crippen molar-refractivity contribution in [3.8, 4) is 11.5 Å². The average Bonchev–Trinajstić information content (AvgIpc) is 3.12. The molecule has 3 rings (SSSR count). The van der Waals surface area contributed by atoms with Crippen molar-refractivity contribution < 1.29 is 23.0 Å². The molecule has 2 aliphatic rings.